The SMILES string of the molecule is CCCN1C(=O)c2ccccc2NC1c1cnn(Cc2ccccc2)c1. The van der Waals surface area contributed by atoms with Gasteiger partial charge in [-0.25, -0.2) is 0 Å². The molecule has 1 aromatic heterocycles. The Kier molecular flexibility index (Phi) is 4.44. The minimum absolute atomic E-state index is 0.0713. The fourth-order valence-electron chi connectivity index (χ4n) is 3.41. The van der Waals surface area contributed by atoms with Crippen LogP contribution in [0.2, 0.25) is 0 Å². The van der Waals surface area contributed by atoms with Crippen molar-refractivity contribution in [2.75, 3.05) is 11.9 Å². The topological polar surface area (TPSA) is 50.2 Å². The van der Waals surface area contributed by atoms with Crippen molar-refractivity contribution in [1.82, 2.24) is 14.7 Å². The normalized spacial score (nSPS) is 16.3. The standard InChI is InChI=1S/C21H22N4O/c1-2-12-25-20(23-19-11-7-6-10-18(19)21(25)26)17-13-22-24(15-17)14-16-8-4-3-5-9-16/h3-11,13,15,20,23H,2,12,14H2,1H3. The van der Waals surface area contributed by atoms with Crippen molar-refractivity contribution >= 4 is 11.6 Å². The van der Waals surface area contributed by atoms with Gasteiger partial charge in [0, 0.05) is 24.0 Å². The average Bonchev–Trinajstić information content (AvgIpc) is 3.13. The van der Waals surface area contributed by atoms with Crippen molar-refractivity contribution in [2.45, 2.75) is 26.1 Å². The summed E-state index contributed by atoms with van der Waals surface area (Å²) in [5.41, 5.74) is 3.81. The Hall–Kier alpha value is -3.08. The Bertz CT molecular complexity index is 903. The first-order chi connectivity index (χ1) is 12.8. The Morgan fingerprint density at radius 2 is 1.85 bits per heavy atom. The molecule has 1 aliphatic heterocycles. The van der Waals surface area contributed by atoms with Crippen LogP contribution in [0.5, 0.6) is 0 Å². The van der Waals surface area contributed by atoms with Crippen LogP contribution in [0, 0.1) is 0 Å². The number of amides is 1. The summed E-state index contributed by atoms with van der Waals surface area (Å²) in [7, 11) is 0. The van der Waals surface area contributed by atoms with Gasteiger partial charge in [0.15, 0.2) is 0 Å². The van der Waals surface area contributed by atoms with Crippen LogP contribution in [0.1, 0.15) is 41.0 Å². The molecule has 5 heteroatoms. The maximum absolute atomic E-state index is 12.9. The third kappa shape index (κ3) is 3.08. The summed E-state index contributed by atoms with van der Waals surface area (Å²) in [6.45, 7) is 3.50. The second-order valence-corrected chi connectivity index (χ2v) is 6.55. The van der Waals surface area contributed by atoms with E-state index in [4.69, 9.17) is 0 Å². The van der Waals surface area contributed by atoms with E-state index in [2.05, 4.69) is 29.5 Å². The highest BCUT2D eigenvalue weighted by Gasteiger charge is 2.32. The highest BCUT2D eigenvalue weighted by molar-refractivity contribution is 6.01. The number of fused-ring (bicyclic) bond motifs is 1. The van der Waals surface area contributed by atoms with E-state index in [9.17, 15) is 4.79 Å². The lowest BCUT2D eigenvalue weighted by Gasteiger charge is -2.37. The third-order valence-corrected chi connectivity index (χ3v) is 4.64. The molecule has 26 heavy (non-hydrogen) atoms. The summed E-state index contributed by atoms with van der Waals surface area (Å²) in [5.74, 6) is 0.0713. The van der Waals surface area contributed by atoms with Crippen LogP contribution >= 0.6 is 0 Å². The molecule has 1 amide bonds. The Balaban J connectivity index is 1.62. The molecular weight excluding hydrogens is 324 g/mol. The van der Waals surface area contributed by atoms with Gasteiger partial charge in [-0.1, -0.05) is 49.4 Å². The summed E-state index contributed by atoms with van der Waals surface area (Å²) in [5, 5.41) is 8.01. The number of rotatable bonds is 5. The van der Waals surface area contributed by atoms with Crippen molar-refractivity contribution in [3.8, 4) is 0 Å². The predicted molar refractivity (Wildman–Crippen MR) is 102 cm³/mol. The maximum atomic E-state index is 12.9. The summed E-state index contributed by atoms with van der Waals surface area (Å²) < 4.78 is 1.92. The van der Waals surface area contributed by atoms with E-state index in [0.29, 0.717) is 13.1 Å². The fraction of sp³-hybridized carbons (Fsp3) is 0.238. The molecule has 0 aliphatic carbocycles. The molecule has 2 heterocycles. The van der Waals surface area contributed by atoms with Crippen LogP contribution in [-0.2, 0) is 6.54 Å². The molecule has 0 spiro atoms. The van der Waals surface area contributed by atoms with E-state index >= 15 is 0 Å². The minimum Gasteiger partial charge on any atom is -0.361 e. The molecule has 0 radical (unpaired) electrons. The van der Waals surface area contributed by atoms with E-state index in [0.717, 1.165) is 23.2 Å². The highest BCUT2D eigenvalue weighted by atomic mass is 16.2. The summed E-state index contributed by atoms with van der Waals surface area (Å²) in [6, 6.07) is 17.9. The number of anilines is 1. The molecule has 0 saturated carbocycles. The molecule has 0 fully saturated rings. The lowest BCUT2D eigenvalue weighted by atomic mass is 10.1. The molecule has 132 valence electrons. The van der Waals surface area contributed by atoms with Gasteiger partial charge in [0.2, 0.25) is 0 Å². The fourth-order valence-corrected chi connectivity index (χ4v) is 3.41. The zero-order valence-corrected chi connectivity index (χ0v) is 14.8. The van der Waals surface area contributed by atoms with Crippen LogP contribution in [0.25, 0.3) is 0 Å². The summed E-state index contributed by atoms with van der Waals surface area (Å²) in [4.78, 5) is 14.8. The first kappa shape index (κ1) is 16.4. The molecule has 3 aromatic rings. The zero-order chi connectivity index (χ0) is 17.9. The van der Waals surface area contributed by atoms with Gasteiger partial charge in [-0.3, -0.25) is 9.48 Å². The van der Waals surface area contributed by atoms with Gasteiger partial charge in [-0.05, 0) is 24.1 Å². The largest absolute Gasteiger partial charge is 0.361 e. The van der Waals surface area contributed by atoms with Crippen molar-refractivity contribution in [2.24, 2.45) is 0 Å². The molecule has 1 unspecified atom stereocenters. The van der Waals surface area contributed by atoms with Gasteiger partial charge in [-0.2, -0.15) is 5.10 Å². The van der Waals surface area contributed by atoms with Crippen LogP contribution < -0.4 is 5.32 Å². The first-order valence-electron chi connectivity index (χ1n) is 8.99. The quantitative estimate of drug-likeness (QED) is 0.762. The number of benzene rings is 2. The number of para-hydroxylation sites is 1. The number of nitrogens with zero attached hydrogens (tertiary/aromatic N) is 3. The molecule has 0 bridgehead atoms. The van der Waals surface area contributed by atoms with Crippen molar-refractivity contribution < 1.29 is 4.79 Å². The molecule has 1 aliphatic rings. The van der Waals surface area contributed by atoms with Gasteiger partial charge in [0.05, 0.1) is 18.3 Å². The molecule has 4 rings (SSSR count). The zero-order valence-electron chi connectivity index (χ0n) is 14.8. The minimum atomic E-state index is -0.193. The number of carbonyl (C=O) groups is 1. The smallest absolute Gasteiger partial charge is 0.257 e. The van der Waals surface area contributed by atoms with Crippen molar-refractivity contribution in [3.63, 3.8) is 0 Å². The van der Waals surface area contributed by atoms with Gasteiger partial charge in [0.25, 0.3) is 5.91 Å². The van der Waals surface area contributed by atoms with E-state index in [1.54, 1.807) is 0 Å². The summed E-state index contributed by atoms with van der Waals surface area (Å²) >= 11 is 0. The van der Waals surface area contributed by atoms with Crippen LogP contribution in [-0.4, -0.2) is 27.1 Å². The number of aromatic nitrogens is 2. The van der Waals surface area contributed by atoms with Gasteiger partial charge >= 0.3 is 0 Å². The van der Waals surface area contributed by atoms with Crippen molar-refractivity contribution in [3.05, 3.63) is 83.7 Å². The van der Waals surface area contributed by atoms with Crippen molar-refractivity contribution in [1.29, 1.82) is 0 Å². The van der Waals surface area contributed by atoms with Crippen LogP contribution in [0.3, 0.4) is 0 Å². The highest BCUT2D eigenvalue weighted by Crippen LogP contribution is 2.32. The Labute approximate surface area is 153 Å². The van der Waals surface area contributed by atoms with E-state index in [1.165, 1.54) is 5.56 Å². The molecule has 0 saturated heterocycles. The average molecular weight is 346 g/mol. The molecule has 5 nitrogen and oxygen atoms in total. The van der Waals surface area contributed by atoms with E-state index < -0.39 is 0 Å². The van der Waals surface area contributed by atoms with Crippen LogP contribution in [0.4, 0.5) is 5.69 Å². The number of nitrogens with one attached hydrogen (secondary N) is 1. The van der Waals surface area contributed by atoms with E-state index in [-0.39, 0.29) is 12.1 Å². The lowest BCUT2D eigenvalue weighted by Crippen LogP contribution is -2.43. The second kappa shape index (κ2) is 7.04. The maximum Gasteiger partial charge on any atom is 0.257 e. The first-order valence-corrected chi connectivity index (χ1v) is 8.99. The number of hydrogen-bond donors (Lipinski definition) is 1. The second-order valence-electron chi connectivity index (χ2n) is 6.55. The van der Waals surface area contributed by atoms with Crippen LogP contribution in [0.15, 0.2) is 67.0 Å². The van der Waals surface area contributed by atoms with Gasteiger partial charge in [0.1, 0.15) is 6.17 Å². The summed E-state index contributed by atoms with van der Waals surface area (Å²) in [6.07, 6.45) is 4.59. The Morgan fingerprint density at radius 3 is 2.65 bits per heavy atom. The van der Waals surface area contributed by atoms with E-state index in [1.807, 2.05) is 64.4 Å². The molecular formula is C21H22N4O. The molecule has 1 N–H and O–H groups in total. The monoisotopic (exact) mass is 346 g/mol. The molecule has 1 atom stereocenters. The van der Waals surface area contributed by atoms with Gasteiger partial charge in [-0.15, -0.1) is 0 Å². The van der Waals surface area contributed by atoms with Gasteiger partial charge < -0.3 is 10.2 Å². The number of carbonyl (C=O) groups excluding carboxylic acids is 1. The molecule has 2 aromatic carbocycles. The predicted octanol–water partition coefficient (Wildman–Crippen LogP) is 3.91. The Morgan fingerprint density at radius 1 is 1.08 bits per heavy atom. The lowest BCUT2D eigenvalue weighted by molar-refractivity contribution is 0.0683. The third-order valence-electron chi connectivity index (χ3n) is 4.64. The number of hydrogen-bond acceptors (Lipinski definition) is 3.